The maximum atomic E-state index is 10.2. The molecule has 0 unspecified atom stereocenters. The van der Waals surface area contributed by atoms with Crippen LogP contribution in [-0.2, 0) is 4.79 Å². The number of nitriles is 1. The molecule has 17 heavy (non-hydrogen) atoms. The average molecular weight is 233 g/mol. The molecule has 0 bridgehead atoms. The van der Waals surface area contributed by atoms with Crippen LogP contribution in [0.1, 0.15) is 5.56 Å². The second-order valence-corrected chi connectivity index (χ2v) is 3.03. The van der Waals surface area contributed by atoms with Crippen molar-refractivity contribution >= 4 is 5.97 Å². The van der Waals surface area contributed by atoms with Crippen molar-refractivity contribution in [3.8, 4) is 17.6 Å². The topological polar surface area (TPSA) is 79.5 Å². The molecule has 1 aromatic carbocycles. The van der Waals surface area contributed by atoms with Crippen molar-refractivity contribution in [2.75, 3.05) is 13.7 Å². The van der Waals surface area contributed by atoms with E-state index >= 15 is 0 Å². The number of benzene rings is 1. The van der Waals surface area contributed by atoms with Crippen LogP contribution in [0.25, 0.3) is 0 Å². The Bertz CT molecular complexity index is 474. The molecule has 0 aromatic heterocycles. The van der Waals surface area contributed by atoms with Gasteiger partial charge in [0.05, 0.1) is 18.7 Å². The fraction of sp³-hybridized carbons (Fsp3) is 0.167. The van der Waals surface area contributed by atoms with Crippen molar-refractivity contribution in [2.45, 2.75) is 0 Å². The van der Waals surface area contributed by atoms with Gasteiger partial charge in [0.25, 0.3) is 0 Å². The maximum Gasteiger partial charge on any atom is 0.328 e. The van der Waals surface area contributed by atoms with Gasteiger partial charge in [-0.15, -0.1) is 0 Å². The minimum Gasteiger partial charge on any atom is -0.493 e. The summed E-state index contributed by atoms with van der Waals surface area (Å²) >= 11 is 0. The molecule has 88 valence electrons. The molecule has 1 aromatic rings. The number of aliphatic carboxylic acids is 1. The number of carboxylic acid groups (broad SMARTS) is 1. The number of hydrogen-bond acceptors (Lipinski definition) is 4. The van der Waals surface area contributed by atoms with Crippen LogP contribution in [0.5, 0.6) is 11.5 Å². The van der Waals surface area contributed by atoms with Gasteiger partial charge in [0.1, 0.15) is 6.61 Å². The van der Waals surface area contributed by atoms with Crippen molar-refractivity contribution in [1.82, 2.24) is 0 Å². The standard InChI is InChI=1S/C12H11NO4/c1-16-11-7-9(8-13)4-5-10(11)17-6-2-3-12(14)15/h2-5,7H,6H2,1H3,(H,14,15). The average Bonchev–Trinajstić information content (AvgIpc) is 2.34. The van der Waals surface area contributed by atoms with Crippen LogP contribution in [-0.4, -0.2) is 24.8 Å². The van der Waals surface area contributed by atoms with Crippen molar-refractivity contribution in [1.29, 1.82) is 5.26 Å². The Morgan fingerprint density at radius 3 is 2.88 bits per heavy atom. The summed E-state index contributed by atoms with van der Waals surface area (Å²) in [5, 5.41) is 17.1. The van der Waals surface area contributed by atoms with Crippen molar-refractivity contribution in [3.05, 3.63) is 35.9 Å². The van der Waals surface area contributed by atoms with Gasteiger partial charge in [-0.1, -0.05) is 0 Å². The van der Waals surface area contributed by atoms with Gasteiger partial charge in [-0.2, -0.15) is 5.26 Å². The third kappa shape index (κ3) is 3.87. The van der Waals surface area contributed by atoms with Crippen LogP contribution in [0.15, 0.2) is 30.4 Å². The summed E-state index contributed by atoms with van der Waals surface area (Å²) in [6.07, 6.45) is 2.37. The van der Waals surface area contributed by atoms with E-state index in [2.05, 4.69) is 0 Å². The molecule has 0 saturated carbocycles. The van der Waals surface area contributed by atoms with Gasteiger partial charge in [0.15, 0.2) is 11.5 Å². The normalized spacial score (nSPS) is 9.88. The van der Waals surface area contributed by atoms with E-state index < -0.39 is 5.97 Å². The highest BCUT2D eigenvalue weighted by Gasteiger charge is 2.04. The fourth-order valence-corrected chi connectivity index (χ4v) is 1.14. The van der Waals surface area contributed by atoms with E-state index in [-0.39, 0.29) is 6.61 Å². The highest BCUT2D eigenvalue weighted by molar-refractivity contribution is 5.79. The predicted molar refractivity (Wildman–Crippen MR) is 60.0 cm³/mol. The minimum absolute atomic E-state index is 0.120. The molecule has 0 fully saturated rings. The summed E-state index contributed by atoms with van der Waals surface area (Å²) in [4.78, 5) is 10.2. The van der Waals surface area contributed by atoms with E-state index in [4.69, 9.17) is 19.8 Å². The molecule has 0 aliphatic heterocycles. The lowest BCUT2D eigenvalue weighted by Gasteiger charge is -2.08. The number of hydrogen-bond donors (Lipinski definition) is 1. The summed E-state index contributed by atoms with van der Waals surface area (Å²) in [6.45, 7) is 0.120. The number of ether oxygens (including phenoxy) is 2. The van der Waals surface area contributed by atoms with Gasteiger partial charge >= 0.3 is 5.97 Å². The van der Waals surface area contributed by atoms with E-state index in [9.17, 15) is 4.79 Å². The fourth-order valence-electron chi connectivity index (χ4n) is 1.14. The Labute approximate surface area is 98.5 Å². The number of nitrogens with zero attached hydrogens (tertiary/aromatic N) is 1. The summed E-state index contributed by atoms with van der Waals surface area (Å²) in [6, 6.07) is 6.73. The number of rotatable bonds is 5. The molecule has 0 spiro atoms. The summed E-state index contributed by atoms with van der Waals surface area (Å²) < 4.78 is 10.3. The van der Waals surface area contributed by atoms with Gasteiger partial charge < -0.3 is 14.6 Å². The quantitative estimate of drug-likeness (QED) is 0.781. The number of carbonyl (C=O) groups is 1. The molecule has 0 saturated heterocycles. The zero-order valence-corrected chi connectivity index (χ0v) is 9.21. The first-order valence-corrected chi connectivity index (χ1v) is 4.77. The molecule has 1 N–H and O–H groups in total. The highest BCUT2D eigenvalue weighted by atomic mass is 16.5. The predicted octanol–water partition coefficient (Wildman–Crippen LogP) is 1.59. The largest absolute Gasteiger partial charge is 0.493 e. The van der Waals surface area contributed by atoms with Crippen LogP contribution >= 0.6 is 0 Å². The van der Waals surface area contributed by atoms with E-state index in [1.54, 1.807) is 18.2 Å². The first-order valence-electron chi connectivity index (χ1n) is 4.77. The second-order valence-electron chi connectivity index (χ2n) is 3.03. The Morgan fingerprint density at radius 2 is 2.29 bits per heavy atom. The number of carboxylic acids is 1. The van der Waals surface area contributed by atoms with Gasteiger partial charge in [-0.25, -0.2) is 4.79 Å². The van der Waals surface area contributed by atoms with E-state index in [1.165, 1.54) is 13.2 Å². The summed E-state index contributed by atoms with van der Waals surface area (Å²) in [7, 11) is 1.47. The van der Waals surface area contributed by atoms with Gasteiger partial charge in [0, 0.05) is 12.1 Å². The lowest BCUT2D eigenvalue weighted by Crippen LogP contribution is -1.98. The van der Waals surface area contributed by atoms with Gasteiger partial charge in [-0.3, -0.25) is 0 Å². The molecule has 0 heterocycles. The van der Waals surface area contributed by atoms with Crippen molar-refractivity contribution in [3.63, 3.8) is 0 Å². The van der Waals surface area contributed by atoms with Crippen LogP contribution < -0.4 is 9.47 Å². The van der Waals surface area contributed by atoms with Gasteiger partial charge in [-0.05, 0) is 18.2 Å². The van der Waals surface area contributed by atoms with Crippen molar-refractivity contribution < 1.29 is 19.4 Å². The monoisotopic (exact) mass is 233 g/mol. The van der Waals surface area contributed by atoms with Crippen molar-refractivity contribution in [2.24, 2.45) is 0 Å². The molecule has 0 aliphatic carbocycles. The van der Waals surface area contributed by atoms with Crippen LogP contribution in [0.3, 0.4) is 0 Å². The van der Waals surface area contributed by atoms with E-state index in [0.29, 0.717) is 17.1 Å². The third-order valence-electron chi connectivity index (χ3n) is 1.89. The maximum absolute atomic E-state index is 10.2. The lowest BCUT2D eigenvalue weighted by atomic mass is 10.2. The Kier molecular flexibility index (Phi) is 4.58. The number of methoxy groups -OCH3 is 1. The second kappa shape index (κ2) is 6.18. The first kappa shape index (κ1) is 12.6. The van der Waals surface area contributed by atoms with Crippen LogP contribution in [0.4, 0.5) is 0 Å². The lowest BCUT2D eigenvalue weighted by molar-refractivity contribution is -0.131. The smallest absolute Gasteiger partial charge is 0.328 e. The first-order chi connectivity index (χ1) is 8.17. The Hall–Kier alpha value is -2.48. The summed E-state index contributed by atoms with van der Waals surface area (Å²) in [5.41, 5.74) is 0.468. The molecular formula is C12H11NO4. The Morgan fingerprint density at radius 1 is 1.53 bits per heavy atom. The molecule has 0 amide bonds. The highest BCUT2D eigenvalue weighted by Crippen LogP contribution is 2.27. The molecule has 5 heteroatoms. The molecule has 1 rings (SSSR count). The van der Waals surface area contributed by atoms with Gasteiger partial charge in [0.2, 0.25) is 0 Å². The molecule has 0 radical (unpaired) electrons. The zero-order valence-electron chi connectivity index (χ0n) is 9.21. The Balaban J connectivity index is 2.71. The SMILES string of the molecule is COc1cc(C#N)ccc1OCC=CC(=O)O. The minimum atomic E-state index is -1.03. The molecule has 5 nitrogen and oxygen atoms in total. The summed E-state index contributed by atoms with van der Waals surface area (Å²) in [5.74, 6) is -0.130. The molecular weight excluding hydrogens is 222 g/mol. The van der Waals surface area contributed by atoms with Crippen LogP contribution in [0, 0.1) is 11.3 Å². The third-order valence-corrected chi connectivity index (χ3v) is 1.89. The zero-order chi connectivity index (χ0) is 12.7. The van der Waals surface area contributed by atoms with E-state index in [1.807, 2.05) is 6.07 Å². The van der Waals surface area contributed by atoms with E-state index in [0.717, 1.165) is 6.08 Å². The molecule has 0 aliphatic rings. The molecule has 0 atom stereocenters. The van der Waals surface area contributed by atoms with Crippen LogP contribution in [0.2, 0.25) is 0 Å².